The average Bonchev–Trinajstić information content (AvgIpc) is 2.33. The molecule has 8 nitrogen and oxygen atoms in total. The SMILES string of the molecule is CC(=O)CCC(=O)NN.CC(=O)CCC(=O)NN. The summed E-state index contributed by atoms with van der Waals surface area (Å²) in [5, 5.41) is 0. The maximum absolute atomic E-state index is 10.3. The van der Waals surface area contributed by atoms with Crippen molar-refractivity contribution in [3.63, 3.8) is 0 Å². The summed E-state index contributed by atoms with van der Waals surface area (Å²) in [5.74, 6) is 8.89. The highest BCUT2D eigenvalue weighted by Crippen LogP contribution is 1.88. The van der Waals surface area contributed by atoms with Gasteiger partial charge in [-0.05, 0) is 13.8 Å². The molecule has 8 heteroatoms. The molecule has 0 heterocycles. The lowest BCUT2D eigenvalue weighted by Gasteiger charge is -1.93. The second-order valence-electron chi connectivity index (χ2n) is 3.54. The highest BCUT2D eigenvalue weighted by atomic mass is 16.2. The number of Topliss-reactive ketones (excluding diaryl/α,β-unsaturated/α-hetero) is 2. The highest BCUT2D eigenvalue weighted by molar-refractivity contribution is 5.83. The number of carbonyl (C=O) groups is 4. The molecule has 0 rings (SSSR count). The van der Waals surface area contributed by atoms with Gasteiger partial charge in [0.15, 0.2) is 0 Å². The van der Waals surface area contributed by atoms with Crippen molar-refractivity contribution in [1.29, 1.82) is 0 Å². The first-order valence-corrected chi connectivity index (χ1v) is 5.31. The van der Waals surface area contributed by atoms with Crippen LogP contribution < -0.4 is 22.5 Å². The molecule has 0 bridgehead atoms. The Morgan fingerprint density at radius 3 is 1.17 bits per heavy atom. The number of rotatable bonds is 6. The Bertz CT molecular complexity index is 274. The first-order chi connectivity index (χ1) is 8.33. The highest BCUT2D eigenvalue weighted by Gasteiger charge is 1.99. The molecule has 6 N–H and O–H groups in total. The molecule has 18 heavy (non-hydrogen) atoms. The topological polar surface area (TPSA) is 144 Å². The van der Waals surface area contributed by atoms with Gasteiger partial charge in [-0.15, -0.1) is 0 Å². The number of nitrogens with one attached hydrogen (secondary N) is 2. The summed E-state index contributed by atoms with van der Waals surface area (Å²) in [6.45, 7) is 2.87. The fraction of sp³-hybridized carbons (Fsp3) is 0.600. The summed E-state index contributed by atoms with van der Waals surface area (Å²) in [6.07, 6.45) is 0.906. The minimum atomic E-state index is -0.301. The molecule has 0 aliphatic rings. The number of hydrazine groups is 2. The predicted molar refractivity (Wildman–Crippen MR) is 64.5 cm³/mol. The Morgan fingerprint density at radius 2 is 1.00 bits per heavy atom. The lowest BCUT2D eigenvalue weighted by molar-refractivity contribution is -0.124. The van der Waals surface area contributed by atoms with Crippen molar-refractivity contribution in [1.82, 2.24) is 10.9 Å². The molecule has 0 aliphatic heterocycles. The van der Waals surface area contributed by atoms with Crippen LogP contribution in [0.15, 0.2) is 0 Å². The lowest BCUT2D eigenvalue weighted by atomic mass is 10.2. The third-order valence-corrected chi connectivity index (χ3v) is 1.73. The molecular formula is C10H20N4O4. The van der Waals surface area contributed by atoms with Crippen LogP contribution in [0.4, 0.5) is 0 Å². The van der Waals surface area contributed by atoms with Gasteiger partial charge >= 0.3 is 0 Å². The Balaban J connectivity index is 0. The zero-order valence-corrected chi connectivity index (χ0v) is 10.6. The molecule has 0 saturated heterocycles. The van der Waals surface area contributed by atoms with Gasteiger partial charge in [-0.25, -0.2) is 11.7 Å². The number of carbonyl (C=O) groups excluding carboxylic acids is 4. The van der Waals surface area contributed by atoms with Crippen LogP contribution in [0.1, 0.15) is 39.5 Å². The van der Waals surface area contributed by atoms with E-state index in [4.69, 9.17) is 11.7 Å². The zero-order chi connectivity index (χ0) is 14.6. The number of ketones is 2. The molecule has 0 saturated carbocycles. The van der Waals surface area contributed by atoms with E-state index in [1.54, 1.807) is 0 Å². The number of hydrogen-bond acceptors (Lipinski definition) is 6. The van der Waals surface area contributed by atoms with Crippen LogP contribution in [0.25, 0.3) is 0 Å². The van der Waals surface area contributed by atoms with Gasteiger partial charge in [-0.3, -0.25) is 20.4 Å². The van der Waals surface area contributed by atoms with Crippen LogP contribution in [0, 0.1) is 0 Å². The van der Waals surface area contributed by atoms with Gasteiger partial charge in [-0.1, -0.05) is 0 Å². The molecular weight excluding hydrogens is 240 g/mol. The summed E-state index contributed by atoms with van der Waals surface area (Å²) in [7, 11) is 0. The van der Waals surface area contributed by atoms with E-state index >= 15 is 0 Å². The molecule has 0 aliphatic carbocycles. The van der Waals surface area contributed by atoms with E-state index in [1.807, 2.05) is 10.9 Å². The van der Waals surface area contributed by atoms with E-state index in [9.17, 15) is 19.2 Å². The van der Waals surface area contributed by atoms with E-state index in [2.05, 4.69) is 0 Å². The minimum Gasteiger partial charge on any atom is -0.300 e. The maximum Gasteiger partial charge on any atom is 0.234 e. The first kappa shape index (κ1) is 18.6. The molecule has 0 unspecified atom stereocenters. The molecule has 0 aromatic carbocycles. The largest absolute Gasteiger partial charge is 0.300 e. The van der Waals surface area contributed by atoms with Gasteiger partial charge in [0.25, 0.3) is 0 Å². The van der Waals surface area contributed by atoms with E-state index in [-0.39, 0.29) is 49.1 Å². The van der Waals surface area contributed by atoms with Crippen molar-refractivity contribution in [3.8, 4) is 0 Å². The van der Waals surface area contributed by atoms with E-state index in [0.717, 1.165) is 0 Å². The van der Waals surface area contributed by atoms with Gasteiger partial charge in [0.05, 0.1) is 0 Å². The molecule has 0 radical (unpaired) electrons. The second-order valence-corrected chi connectivity index (χ2v) is 3.54. The summed E-state index contributed by atoms with van der Waals surface area (Å²) >= 11 is 0. The normalized spacial score (nSPS) is 8.67. The van der Waals surface area contributed by atoms with Gasteiger partial charge in [0.2, 0.25) is 11.8 Å². The van der Waals surface area contributed by atoms with Gasteiger partial charge in [0.1, 0.15) is 11.6 Å². The minimum absolute atomic E-state index is 0.00130. The lowest BCUT2D eigenvalue weighted by Crippen LogP contribution is -2.30. The van der Waals surface area contributed by atoms with E-state index < -0.39 is 0 Å². The maximum atomic E-state index is 10.3. The summed E-state index contributed by atoms with van der Waals surface area (Å²) in [4.78, 5) is 41.1. The predicted octanol–water partition coefficient (Wildman–Crippen LogP) is -1.31. The van der Waals surface area contributed by atoms with E-state index in [0.29, 0.717) is 0 Å². The van der Waals surface area contributed by atoms with Crippen molar-refractivity contribution in [2.24, 2.45) is 11.7 Å². The monoisotopic (exact) mass is 260 g/mol. The standard InChI is InChI=1S/2C5H10N2O2/c2*1-4(8)2-3-5(9)7-6/h2*2-3,6H2,1H3,(H,7,9). The van der Waals surface area contributed by atoms with Crippen molar-refractivity contribution in [2.75, 3.05) is 0 Å². The molecule has 104 valence electrons. The second kappa shape index (κ2) is 11.7. The smallest absolute Gasteiger partial charge is 0.234 e. The third kappa shape index (κ3) is 16.6. The van der Waals surface area contributed by atoms with Gasteiger partial charge in [0, 0.05) is 25.7 Å². The van der Waals surface area contributed by atoms with Crippen molar-refractivity contribution in [2.45, 2.75) is 39.5 Å². The van der Waals surface area contributed by atoms with Crippen molar-refractivity contribution in [3.05, 3.63) is 0 Å². The Morgan fingerprint density at radius 1 is 0.722 bits per heavy atom. The van der Waals surface area contributed by atoms with E-state index in [1.165, 1.54) is 13.8 Å². The van der Waals surface area contributed by atoms with Crippen molar-refractivity contribution >= 4 is 23.4 Å². The summed E-state index contributed by atoms with van der Waals surface area (Å²) < 4.78 is 0. The van der Waals surface area contributed by atoms with Crippen LogP contribution in [-0.4, -0.2) is 23.4 Å². The van der Waals surface area contributed by atoms with Crippen LogP contribution in [0.5, 0.6) is 0 Å². The number of nitrogens with two attached hydrogens (primary N) is 2. The summed E-state index contributed by atoms with van der Waals surface area (Å²) in [5.41, 5.74) is 3.86. The Kier molecular flexibility index (Phi) is 12.0. The van der Waals surface area contributed by atoms with Gasteiger partial charge in [-0.2, -0.15) is 0 Å². The summed E-state index contributed by atoms with van der Waals surface area (Å²) in [6, 6.07) is 0. The average molecular weight is 260 g/mol. The van der Waals surface area contributed by atoms with Crippen molar-refractivity contribution < 1.29 is 19.2 Å². The van der Waals surface area contributed by atoms with Crippen LogP contribution in [-0.2, 0) is 19.2 Å². The molecule has 0 aromatic heterocycles. The Labute approximate surface area is 105 Å². The molecule has 2 amide bonds. The molecule has 0 aromatic rings. The number of hydrogen-bond donors (Lipinski definition) is 4. The molecule has 0 spiro atoms. The quantitative estimate of drug-likeness (QED) is 0.265. The van der Waals surface area contributed by atoms with Crippen LogP contribution in [0.2, 0.25) is 0 Å². The Hall–Kier alpha value is -1.80. The fourth-order valence-corrected chi connectivity index (χ4v) is 0.723. The molecule has 0 fully saturated rings. The van der Waals surface area contributed by atoms with Crippen LogP contribution >= 0.6 is 0 Å². The fourth-order valence-electron chi connectivity index (χ4n) is 0.723. The third-order valence-electron chi connectivity index (χ3n) is 1.73. The zero-order valence-electron chi connectivity index (χ0n) is 10.6. The first-order valence-electron chi connectivity index (χ1n) is 5.31. The molecule has 0 atom stereocenters. The van der Waals surface area contributed by atoms with Crippen LogP contribution in [0.3, 0.4) is 0 Å². The van der Waals surface area contributed by atoms with Gasteiger partial charge < -0.3 is 9.59 Å². The number of amides is 2.